The first-order chi connectivity index (χ1) is 28.7. The monoisotopic (exact) mass is 914 g/mol. The van der Waals surface area contributed by atoms with Crippen LogP contribution in [-0.2, 0) is 39.0 Å². The third-order valence-electron chi connectivity index (χ3n) is 7.65. The number of hydrogen-bond donors (Lipinski definition) is 4. The molecule has 4 rings (SSSR count). The maximum absolute atomic E-state index is 11.6. The Kier molecular flexibility index (Phi) is 21.3. The van der Waals surface area contributed by atoms with Gasteiger partial charge in [0.2, 0.25) is 20.0 Å². The molecule has 61 heavy (non-hydrogen) atoms. The minimum Gasteiger partial charge on any atom is -0.496 e. The molecule has 20 nitrogen and oxygen atoms in total. The molecule has 4 aromatic carbocycles. The summed E-state index contributed by atoms with van der Waals surface area (Å²) in [6.07, 6.45) is 0. The van der Waals surface area contributed by atoms with Gasteiger partial charge in [0.05, 0.1) is 77.4 Å². The van der Waals surface area contributed by atoms with Gasteiger partial charge in [-0.15, -0.1) is 0 Å². The van der Waals surface area contributed by atoms with Crippen molar-refractivity contribution in [1.82, 2.24) is 4.72 Å². The number of halogens is 1. The summed E-state index contributed by atoms with van der Waals surface area (Å²) in [6, 6.07) is 15.6. The van der Waals surface area contributed by atoms with Gasteiger partial charge in [-0.2, -0.15) is 0 Å². The van der Waals surface area contributed by atoms with Crippen LogP contribution in [0.4, 0.5) is 11.4 Å². The molecule has 0 spiro atoms. The van der Waals surface area contributed by atoms with Crippen LogP contribution in [-0.4, -0.2) is 112 Å². The van der Waals surface area contributed by atoms with Crippen molar-refractivity contribution in [3.8, 4) is 23.0 Å². The average Bonchev–Trinajstić information content (AvgIpc) is 3.27. The predicted molar refractivity (Wildman–Crippen MR) is 224 cm³/mol. The number of primary sulfonamides is 1. The smallest absolute Gasteiger partial charge is 0.341 e. The van der Waals surface area contributed by atoms with Gasteiger partial charge in [0.15, 0.2) is 0 Å². The van der Waals surface area contributed by atoms with Crippen molar-refractivity contribution < 1.29 is 73.9 Å². The highest BCUT2D eigenvalue weighted by Crippen LogP contribution is 2.31. The zero-order chi connectivity index (χ0) is 46.7. The average molecular weight is 915 g/mol. The van der Waals surface area contributed by atoms with Crippen molar-refractivity contribution in [3.63, 3.8) is 0 Å². The third kappa shape index (κ3) is 15.0. The molecule has 4 aromatic rings. The molecule has 6 N–H and O–H groups in total. The maximum Gasteiger partial charge on any atom is 0.341 e. The van der Waals surface area contributed by atoms with Gasteiger partial charge in [-0.25, -0.2) is 45.9 Å². The van der Waals surface area contributed by atoms with Crippen molar-refractivity contribution in [2.45, 2.75) is 9.79 Å². The summed E-state index contributed by atoms with van der Waals surface area (Å²) in [4.78, 5) is 45.1. The molecule has 0 aliphatic rings. The molecule has 0 atom stereocenters. The number of nitrogen functional groups attached to an aromatic ring is 1. The van der Waals surface area contributed by atoms with Gasteiger partial charge in [-0.1, -0.05) is 11.6 Å². The first-order valence-corrected chi connectivity index (χ1v) is 20.2. The van der Waals surface area contributed by atoms with Crippen LogP contribution in [0.1, 0.15) is 41.4 Å². The second-order valence-electron chi connectivity index (χ2n) is 11.2. The number of nitrogens with one attached hydrogen (secondary N) is 2. The fourth-order valence-corrected chi connectivity index (χ4v) is 6.10. The highest BCUT2D eigenvalue weighted by Gasteiger charge is 2.20. The van der Waals surface area contributed by atoms with E-state index in [1.165, 1.54) is 100 Å². The highest BCUT2D eigenvalue weighted by atomic mass is 35.5. The number of anilines is 2. The first kappa shape index (κ1) is 52.7. The molecule has 0 aromatic heterocycles. The van der Waals surface area contributed by atoms with Crippen LogP contribution in [0.5, 0.6) is 23.0 Å². The fourth-order valence-electron chi connectivity index (χ4n) is 4.54. The van der Waals surface area contributed by atoms with Crippen molar-refractivity contribution in [3.05, 3.63) is 94.0 Å². The van der Waals surface area contributed by atoms with Crippen molar-refractivity contribution in [2.75, 3.05) is 82.0 Å². The number of benzene rings is 4. The minimum atomic E-state index is -3.86. The molecule has 0 bridgehead atoms. The lowest BCUT2D eigenvalue weighted by Crippen LogP contribution is -2.19. The van der Waals surface area contributed by atoms with Crippen LogP contribution < -0.4 is 39.9 Å². The summed E-state index contributed by atoms with van der Waals surface area (Å²) < 4.78 is 85.5. The van der Waals surface area contributed by atoms with Crippen LogP contribution in [0.25, 0.3) is 0 Å². The molecule has 0 heterocycles. The van der Waals surface area contributed by atoms with E-state index in [0.29, 0.717) is 39.0 Å². The van der Waals surface area contributed by atoms with Gasteiger partial charge < -0.3 is 48.9 Å². The standard InChI is InChI=1S/C10H12ClNO3.C10H13NO5S.C9H11NO5S.C9H11NO3/c1-12-8-5-9(14-2)6(4-7(8)11)10(13)15-3;1-11-17(13,14)7-4-5-9(15-2)8(6-7)10(12)16-3;1-14-8-4-3-6(16(10,12)13)5-7(8)9(11)15-2;1-12-8-5-6(10)3-4-7(8)9(11)13-2/h4-5,12H,1-3H3;4-6,11H,1-3H3;3-5H,1-2H3,(H2,10,12,13);3-5H,10H2,1-2H3. The van der Waals surface area contributed by atoms with E-state index >= 15 is 0 Å². The summed E-state index contributed by atoms with van der Waals surface area (Å²) in [6.45, 7) is 0. The molecule has 334 valence electrons. The molecule has 0 unspecified atom stereocenters. The number of ether oxygens (including phenoxy) is 8. The van der Waals surface area contributed by atoms with Crippen molar-refractivity contribution in [2.24, 2.45) is 5.14 Å². The highest BCUT2D eigenvalue weighted by molar-refractivity contribution is 7.89. The van der Waals surface area contributed by atoms with Crippen LogP contribution >= 0.6 is 11.6 Å². The number of carbonyl (C=O) groups is 4. The van der Waals surface area contributed by atoms with Gasteiger partial charge in [-0.05, 0) is 61.6 Å². The summed E-state index contributed by atoms with van der Waals surface area (Å²) in [5, 5.41) is 8.27. The maximum atomic E-state index is 11.6. The lowest BCUT2D eigenvalue weighted by atomic mass is 10.2. The van der Waals surface area contributed by atoms with E-state index in [-0.39, 0.29) is 32.4 Å². The quantitative estimate of drug-likeness (QED) is 0.0894. The summed E-state index contributed by atoms with van der Waals surface area (Å²) in [5.41, 5.74) is 7.51. The lowest BCUT2D eigenvalue weighted by molar-refractivity contribution is 0.0587. The van der Waals surface area contributed by atoms with Gasteiger partial charge in [0, 0.05) is 24.9 Å². The van der Waals surface area contributed by atoms with E-state index in [0.717, 1.165) is 6.07 Å². The van der Waals surface area contributed by atoms with E-state index < -0.39 is 43.9 Å². The van der Waals surface area contributed by atoms with Gasteiger partial charge in [0.1, 0.15) is 45.3 Å². The van der Waals surface area contributed by atoms with E-state index in [1.54, 1.807) is 31.3 Å². The Balaban J connectivity index is 0.000000408. The Hall–Kier alpha value is -6.33. The van der Waals surface area contributed by atoms with Crippen LogP contribution in [0, 0.1) is 0 Å². The molecule has 0 saturated heterocycles. The molecular formula is C38H47ClN4O16S2. The number of hydrogen-bond acceptors (Lipinski definition) is 18. The predicted octanol–water partition coefficient (Wildman–Crippen LogP) is 3.76. The molecule has 0 aliphatic carbocycles. The first-order valence-electron chi connectivity index (χ1n) is 16.8. The number of esters is 4. The number of carbonyl (C=O) groups excluding carboxylic acids is 4. The van der Waals surface area contributed by atoms with Crippen LogP contribution in [0.2, 0.25) is 5.02 Å². The number of sulfonamides is 2. The Morgan fingerprint density at radius 1 is 0.525 bits per heavy atom. The number of rotatable bonds is 12. The summed E-state index contributed by atoms with van der Waals surface area (Å²) >= 11 is 5.93. The van der Waals surface area contributed by atoms with Gasteiger partial charge >= 0.3 is 23.9 Å². The summed E-state index contributed by atoms with van der Waals surface area (Å²) in [5.74, 6) is -0.931. The largest absolute Gasteiger partial charge is 0.496 e. The minimum absolute atomic E-state index is 0.0107. The Labute approximate surface area is 358 Å². The third-order valence-corrected chi connectivity index (χ3v) is 10.3. The second kappa shape index (κ2) is 24.7. The molecular weight excluding hydrogens is 868 g/mol. The molecule has 0 aliphatic heterocycles. The van der Waals surface area contributed by atoms with E-state index in [4.69, 9.17) is 41.4 Å². The molecule has 0 radical (unpaired) electrons. The van der Waals surface area contributed by atoms with Gasteiger partial charge in [0.25, 0.3) is 0 Å². The van der Waals surface area contributed by atoms with E-state index in [2.05, 4.69) is 29.0 Å². The number of methoxy groups -OCH3 is 8. The zero-order valence-electron chi connectivity index (χ0n) is 34.7. The molecule has 0 fully saturated rings. The van der Waals surface area contributed by atoms with Crippen molar-refractivity contribution in [1.29, 1.82) is 0 Å². The Bertz CT molecular complexity index is 2400. The van der Waals surface area contributed by atoms with E-state index in [1.807, 2.05) is 0 Å². The van der Waals surface area contributed by atoms with Gasteiger partial charge in [-0.3, -0.25) is 0 Å². The van der Waals surface area contributed by atoms with Crippen molar-refractivity contribution >= 4 is 66.9 Å². The normalized spacial score (nSPS) is 10.3. The van der Waals surface area contributed by atoms with Crippen LogP contribution in [0.15, 0.2) is 76.5 Å². The molecule has 23 heteroatoms. The molecule has 0 amide bonds. The Morgan fingerprint density at radius 3 is 1.31 bits per heavy atom. The topological polar surface area (TPSA) is 286 Å². The second-order valence-corrected chi connectivity index (χ2v) is 15.0. The SMILES string of the molecule is CNS(=O)(=O)c1ccc(OC)c(C(=O)OC)c1.CNc1cc(OC)c(C(=O)OC)cc1Cl.COC(=O)c1cc(S(N)(=O)=O)ccc1OC.COC(=O)c1ccc(N)cc1OC. The molecule has 0 saturated carbocycles. The Morgan fingerprint density at radius 2 is 0.918 bits per heavy atom. The van der Waals surface area contributed by atoms with Crippen LogP contribution in [0.3, 0.4) is 0 Å². The summed E-state index contributed by atoms with van der Waals surface area (Å²) in [7, 11) is 6.28. The lowest BCUT2D eigenvalue weighted by Gasteiger charge is -2.10. The number of nitrogens with two attached hydrogens (primary N) is 2. The fraction of sp³-hybridized carbons (Fsp3) is 0.263. The zero-order valence-corrected chi connectivity index (χ0v) is 37.1. The van der Waals surface area contributed by atoms with E-state index in [9.17, 15) is 36.0 Å².